The van der Waals surface area contributed by atoms with Gasteiger partial charge in [0.1, 0.15) is 0 Å². The minimum atomic E-state index is 0.766. The van der Waals surface area contributed by atoms with Gasteiger partial charge in [-0.3, -0.25) is 9.55 Å². The van der Waals surface area contributed by atoms with Crippen LogP contribution in [-0.4, -0.2) is 24.3 Å². The second-order valence-electron chi connectivity index (χ2n) is 11.9. The topological polar surface area (TPSA) is 51.8 Å². The molecule has 0 aliphatic heterocycles. The van der Waals surface area contributed by atoms with E-state index in [0.717, 1.165) is 51.2 Å². The van der Waals surface area contributed by atoms with Crippen LogP contribution in [0.3, 0.4) is 0 Å². The molecule has 0 saturated heterocycles. The molecule has 0 radical (unpaired) electrons. The lowest BCUT2D eigenvalue weighted by atomic mass is 10.1. The van der Waals surface area contributed by atoms with Crippen LogP contribution in [0.1, 0.15) is 0 Å². The SMILES string of the molecule is c1ccc(N(c2ccc(-c3nnc(-c4ccncc4)n3-c3ccccc3)cc2)c2ccc(-n3c4ccccc4c4ccccc43)cc2)cc1. The summed E-state index contributed by atoms with van der Waals surface area (Å²) in [5.41, 5.74) is 9.61. The Balaban J connectivity index is 1.12. The van der Waals surface area contributed by atoms with Crippen molar-refractivity contribution in [3.05, 3.63) is 182 Å². The minimum Gasteiger partial charge on any atom is -0.311 e. The van der Waals surface area contributed by atoms with Gasteiger partial charge in [0.05, 0.1) is 11.0 Å². The van der Waals surface area contributed by atoms with Crippen LogP contribution in [0, 0.1) is 0 Å². The summed E-state index contributed by atoms with van der Waals surface area (Å²) in [6, 6.07) is 59.2. The molecule has 0 aliphatic carbocycles. The number of rotatable bonds is 7. The Bertz CT molecular complexity index is 2470. The molecule has 0 fully saturated rings. The van der Waals surface area contributed by atoms with Crippen molar-refractivity contribution in [2.75, 3.05) is 4.90 Å². The average Bonchev–Trinajstić information content (AvgIpc) is 3.77. The largest absolute Gasteiger partial charge is 0.311 e. The monoisotopic (exact) mass is 630 g/mol. The zero-order valence-corrected chi connectivity index (χ0v) is 26.5. The highest BCUT2D eigenvalue weighted by molar-refractivity contribution is 6.09. The molecular formula is C43H30N6. The minimum absolute atomic E-state index is 0.766. The summed E-state index contributed by atoms with van der Waals surface area (Å²) in [5, 5.41) is 11.8. The number of benzene rings is 6. The Labute approximate surface area is 283 Å². The van der Waals surface area contributed by atoms with Gasteiger partial charge in [-0.25, -0.2) is 0 Å². The van der Waals surface area contributed by atoms with Crippen LogP contribution in [-0.2, 0) is 0 Å². The highest BCUT2D eigenvalue weighted by atomic mass is 15.3. The summed E-state index contributed by atoms with van der Waals surface area (Å²) in [7, 11) is 0. The van der Waals surface area contributed by atoms with E-state index in [-0.39, 0.29) is 0 Å². The van der Waals surface area contributed by atoms with Crippen LogP contribution in [0.2, 0.25) is 0 Å². The lowest BCUT2D eigenvalue weighted by Crippen LogP contribution is -2.10. The molecule has 49 heavy (non-hydrogen) atoms. The molecule has 3 heterocycles. The maximum Gasteiger partial charge on any atom is 0.168 e. The molecule has 0 N–H and O–H groups in total. The Morgan fingerprint density at radius 1 is 0.367 bits per heavy atom. The van der Waals surface area contributed by atoms with Gasteiger partial charge in [0.15, 0.2) is 11.6 Å². The lowest BCUT2D eigenvalue weighted by molar-refractivity contribution is 1.07. The summed E-state index contributed by atoms with van der Waals surface area (Å²) in [4.78, 5) is 6.47. The molecule has 6 aromatic carbocycles. The van der Waals surface area contributed by atoms with Gasteiger partial charge in [-0.2, -0.15) is 0 Å². The van der Waals surface area contributed by atoms with Gasteiger partial charge in [-0.1, -0.05) is 72.8 Å². The van der Waals surface area contributed by atoms with E-state index < -0.39 is 0 Å². The Hall–Kier alpha value is -6.79. The number of hydrogen-bond donors (Lipinski definition) is 0. The van der Waals surface area contributed by atoms with Crippen molar-refractivity contribution in [2.45, 2.75) is 0 Å². The highest BCUT2D eigenvalue weighted by Crippen LogP contribution is 2.38. The predicted molar refractivity (Wildman–Crippen MR) is 199 cm³/mol. The summed E-state index contributed by atoms with van der Waals surface area (Å²) in [6.45, 7) is 0. The van der Waals surface area contributed by atoms with Crippen molar-refractivity contribution in [1.29, 1.82) is 0 Å². The summed E-state index contributed by atoms with van der Waals surface area (Å²) >= 11 is 0. The van der Waals surface area contributed by atoms with Crippen molar-refractivity contribution >= 4 is 38.9 Å². The number of hydrogen-bond acceptors (Lipinski definition) is 4. The zero-order chi connectivity index (χ0) is 32.6. The fraction of sp³-hybridized carbons (Fsp3) is 0. The summed E-state index contributed by atoms with van der Waals surface area (Å²) < 4.78 is 4.45. The fourth-order valence-corrected chi connectivity index (χ4v) is 6.72. The van der Waals surface area contributed by atoms with E-state index in [1.807, 2.05) is 36.4 Å². The van der Waals surface area contributed by atoms with E-state index in [1.54, 1.807) is 12.4 Å². The van der Waals surface area contributed by atoms with E-state index in [2.05, 4.69) is 163 Å². The summed E-state index contributed by atoms with van der Waals surface area (Å²) in [5.74, 6) is 1.54. The standard InChI is InChI=1S/C43H30N6/c1-3-11-33(12-4-1)47(36-23-25-37(26-24-36)48-40-17-9-7-15-38(40)39-16-8-10-18-41(39)48)35-21-19-31(20-22-35)42-45-46-43(32-27-29-44-30-28-32)49(42)34-13-5-2-6-14-34/h1-30H. The molecule has 9 aromatic rings. The third kappa shape index (κ3) is 5.03. The fourth-order valence-electron chi connectivity index (χ4n) is 6.72. The third-order valence-electron chi connectivity index (χ3n) is 8.96. The number of nitrogens with zero attached hydrogens (tertiary/aromatic N) is 6. The van der Waals surface area contributed by atoms with Crippen molar-refractivity contribution in [3.8, 4) is 34.2 Å². The van der Waals surface area contributed by atoms with Crippen molar-refractivity contribution in [1.82, 2.24) is 24.3 Å². The molecule has 9 rings (SSSR count). The van der Waals surface area contributed by atoms with E-state index in [0.29, 0.717) is 0 Å². The van der Waals surface area contributed by atoms with Gasteiger partial charge < -0.3 is 9.47 Å². The first-order valence-corrected chi connectivity index (χ1v) is 16.3. The molecule has 0 spiro atoms. The van der Waals surface area contributed by atoms with E-state index in [1.165, 1.54) is 21.8 Å². The summed E-state index contributed by atoms with van der Waals surface area (Å²) in [6.07, 6.45) is 3.56. The molecule has 6 nitrogen and oxygen atoms in total. The first-order valence-electron chi connectivity index (χ1n) is 16.3. The van der Waals surface area contributed by atoms with Gasteiger partial charge in [0.2, 0.25) is 0 Å². The normalized spacial score (nSPS) is 11.3. The maximum atomic E-state index is 4.68. The smallest absolute Gasteiger partial charge is 0.168 e. The second kappa shape index (κ2) is 12.1. The van der Waals surface area contributed by atoms with E-state index in [4.69, 9.17) is 0 Å². The molecule has 0 amide bonds. The molecule has 3 aromatic heterocycles. The molecule has 232 valence electrons. The van der Waals surface area contributed by atoms with Gasteiger partial charge in [0.25, 0.3) is 0 Å². The molecular weight excluding hydrogens is 601 g/mol. The van der Waals surface area contributed by atoms with Gasteiger partial charge in [-0.05, 0) is 97.1 Å². The Kier molecular flexibility index (Phi) is 7.02. The molecule has 0 unspecified atom stereocenters. The maximum absolute atomic E-state index is 4.68. The van der Waals surface area contributed by atoms with Crippen LogP contribution >= 0.6 is 0 Å². The van der Waals surface area contributed by atoms with Gasteiger partial charge in [0, 0.05) is 62.7 Å². The average molecular weight is 631 g/mol. The Morgan fingerprint density at radius 2 is 0.816 bits per heavy atom. The number of fused-ring (bicyclic) bond motifs is 3. The highest BCUT2D eigenvalue weighted by Gasteiger charge is 2.19. The van der Waals surface area contributed by atoms with Crippen molar-refractivity contribution in [3.63, 3.8) is 0 Å². The molecule has 6 heteroatoms. The molecule has 0 bridgehead atoms. The first kappa shape index (κ1) is 28.4. The van der Waals surface area contributed by atoms with Gasteiger partial charge >= 0.3 is 0 Å². The van der Waals surface area contributed by atoms with Crippen molar-refractivity contribution in [2.24, 2.45) is 0 Å². The zero-order valence-electron chi connectivity index (χ0n) is 26.5. The quantitative estimate of drug-likeness (QED) is 0.176. The van der Waals surface area contributed by atoms with Crippen LogP contribution in [0.4, 0.5) is 17.1 Å². The van der Waals surface area contributed by atoms with E-state index >= 15 is 0 Å². The number of aromatic nitrogens is 5. The third-order valence-corrected chi connectivity index (χ3v) is 8.96. The van der Waals surface area contributed by atoms with Gasteiger partial charge in [-0.15, -0.1) is 10.2 Å². The van der Waals surface area contributed by atoms with Crippen LogP contribution in [0.5, 0.6) is 0 Å². The molecule has 0 atom stereocenters. The number of anilines is 3. The number of pyridine rings is 1. The second-order valence-corrected chi connectivity index (χ2v) is 11.9. The molecule has 0 saturated carbocycles. The van der Waals surface area contributed by atoms with E-state index in [9.17, 15) is 0 Å². The first-order chi connectivity index (χ1) is 24.3. The Morgan fingerprint density at radius 3 is 1.41 bits per heavy atom. The number of para-hydroxylation sites is 4. The van der Waals surface area contributed by atoms with Crippen LogP contribution in [0.15, 0.2) is 182 Å². The van der Waals surface area contributed by atoms with Crippen LogP contribution in [0.25, 0.3) is 56.0 Å². The lowest BCUT2D eigenvalue weighted by Gasteiger charge is -2.26. The predicted octanol–water partition coefficient (Wildman–Crippen LogP) is 10.6. The molecule has 0 aliphatic rings. The van der Waals surface area contributed by atoms with Crippen LogP contribution < -0.4 is 4.90 Å². The van der Waals surface area contributed by atoms with Crippen molar-refractivity contribution < 1.29 is 0 Å².